The molecule has 0 saturated carbocycles. The number of ketones is 1. The predicted octanol–water partition coefficient (Wildman–Crippen LogP) is 4.84. The van der Waals surface area contributed by atoms with Gasteiger partial charge in [0.1, 0.15) is 17.3 Å². The zero-order chi connectivity index (χ0) is 23.0. The number of Topliss-reactive ketones (excluding diaryl/α,β-unsaturated/α-hetero) is 1. The summed E-state index contributed by atoms with van der Waals surface area (Å²) in [7, 11) is 1.51. The standard InChI is InChI=1S/C23H16BrClN2O5/c1-32-18-5-2-13(10-15(18)24)21(29)19-20(12-6-8-26-9-7-12)27(23(31)22(19)30)16-11-14(25)3-4-17(16)28/h2-11,20,28-29H,1H3/b21-19+. The normalized spacial score (nSPS) is 17.6. The van der Waals surface area contributed by atoms with Gasteiger partial charge in [0, 0.05) is 23.0 Å². The van der Waals surface area contributed by atoms with Gasteiger partial charge in [-0.25, -0.2) is 0 Å². The van der Waals surface area contributed by atoms with Crippen LogP contribution in [-0.4, -0.2) is 34.0 Å². The number of rotatable bonds is 4. The van der Waals surface area contributed by atoms with Gasteiger partial charge in [-0.15, -0.1) is 0 Å². The van der Waals surface area contributed by atoms with Gasteiger partial charge in [-0.2, -0.15) is 0 Å². The van der Waals surface area contributed by atoms with E-state index in [1.54, 1.807) is 30.3 Å². The van der Waals surface area contributed by atoms with Crippen LogP contribution in [0, 0.1) is 0 Å². The number of halogens is 2. The van der Waals surface area contributed by atoms with Crippen molar-refractivity contribution in [3.8, 4) is 11.5 Å². The number of aromatic hydroxyl groups is 1. The number of amides is 1. The number of aromatic nitrogens is 1. The van der Waals surface area contributed by atoms with Crippen LogP contribution in [0.3, 0.4) is 0 Å². The number of aliphatic hydroxyl groups is 1. The second-order valence-corrected chi connectivity index (χ2v) is 8.22. The Morgan fingerprint density at radius 1 is 1.12 bits per heavy atom. The number of anilines is 1. The summed E-state index contributed by atoms with van der Waals surface area (Å²) in [6.45, 7) is 0. The quantitative estimate of drug-likeness (QED) is 0.293. The Bertz CT molecular complexity index is 1260. The Morgan fingerprint density at radius 3 is 2.50 bits per heavy atom. The number of hydrogen-bond donors (Lipinski definition) is 2. The molecule has 2 heterocycles. The Labute approximate surface area is 196 Å². The number of phenols is 1. The van der Waals surface area contributed by atoms with Gasteiger partial charge >= 0.3 is 0 Å². The summed E-state index contributed by atoms with van der Waals surface area (Å²) in [6, 6.07) is 11.2. The number of benzene rings is 2. The molecular weight excluding hydrogens is 500 g/mol. The summed E-state index contributed by atoms with van der Waals surface area (Å²) in [5, 5.41) is 21.8. The molecule has 3 aromatic rings. The molecule has 0 spiro atoms. The van der Waals surface area contributed by atoms with Crippen LogP contribution in [0.5, 0.6) is 11.5 Å². The molecule has 4 rings (SSSR count). The molecule has 1 fully saturated rings. The number of ether oxygens (including phenoxy) is 1. The largest absolute Gasteiger partial charge is 0.507 e. The van der Waals surface area contributed by atoms with Crippen LogP contribution in [0.1, 0.15) is 17.2 Å². The van der Waals surface area contributed by atoms with Gasteiger partial charge in [-0.3, -0.25) is 19.5 Å². The molecule has 0 bridgehead atoms. The van der Waals surface area contributed by atoms with Crippen LogP contribution in [0.25, 0.3) is 5.76 Å². The molecular formula is C23H16BrClN2O5. The number of methoxy groups -OCH3 is 1. The molecule has 9 heteroatoms. The molecule has 1 aliphatic heterocycles. The molecule has 162 valence electrons. The van der Waals surface area contributed by atoms with Crippen molar-refractivity contribution in [1.82, 2.24) is 4.98 Å². The summed E-state index contributed by atoms with van der Waals surface area (Å²) in [5.74, 6) is -1.86. The summed E-state index contributed by atoms with van der Waals surface area (Å²) >= 11 is 9.45. The zero-order valence-electron chi connectivity index (χ0n) is 16.6. The van der Waals surface area contributed by atoms with Crippen LogP contribution in [0.4, 0.5) is 5.69 Å². The fraction of sp³-hybridized carbons (Fsp3) is 0.0870. The van der Waals surface area contributed by atoms with Gasteiger partial charge in [0.25, 0.3) is 11.7 Å². The average Bonchev–Trinajstić information content (AvgIpc) is 3.06. The monoisotopic (exact) mass is 514 g/mol. The summed E-state index contributed by atoms with van der Waals surface area (Å²) in [6.07, 6.45) is 3.02. The first kappa shape index (κ1) is 21.9. The second-order valence-electron chi connectivity index (χ2n) is 6.93. The maximum atomic E-state index is 13.1. The molecule has 0 radical (unpaired) electrons. The molecule has 2 N–H and O–H groups in total. The van der Waals surface area contributed by atoms with Crippen molar-refractivity contribution in [2.24, 2.45) is 0 Å². The number of hydrogen-bond acceptors (Lipinski definition) is 6. The number of carbonyl (C=O) groups excluding carboxylic acids is 2. The number of nitrogens with zero attached hydrogens (tertiary/aromatic N) is 2. The zero-order valence-corrected chi connectivity index (χ0v) is 19.0. The number of phenolic OH excluding ortho intramolecular Hbond substituents is 1. The summed E-state index contributed by atoms with van der Waals surface area (Å²) in [4.78, 5) is 31.3. The first-order chi connectivity index (χ1) is 15.3. The van der Waals surface area contributed by atoms with Crippen LogP contribution < -0.4 is 9.64 Å². The lowest BCUT2D eigenvalue weighted by Gasteiger charge is -2.26. The lowest BCUT2D eigenvalue weighted by molar-refractivity contribution is -0.132. The highest BCUT2D eigenvalue weighted by atomic mass is 79.9. The number of aliphatic hydroxyl groups excluding tert-OH is 1. The molecule has 1 aromatic heterocycles. The highest BCUT2D eigenvalue weighted by molar-refractivity contribution is 9.10. The van der Waals surface area contributed by atoms with E-state index in [-0.39, 0.29) is 27.8 Å². The highest BCUT2D eigenvalue weighted by Gasteiger charge is 2.47. The van der Waals surface area contributed by atoms with E-state index < -0.39 is 17.7 Å². The predicted molar refractivity (Wildman–Crippen MR) is 123 cm³/mol. The van der Waals surface area contributed by atoms with Crippen molar-refractivity contribution in [3.05, 3.63) is 87.1 Å². The minimum Gasteiger partial charge on any atom is -0.507 e. The maximum absolute atomic E-state index is 13.1. The first-order valence-corrected chi connectivity index (χ1v) is 10.5. The minimum atomic E-state index is -1.01. The molecule has 32 heavy (non-hydrogen) atoms. The van der Waals surface area contributed by atoms with Gasteiger partial charge < -0.3 is 14.9 Å². The van der Waals surface area contributed by atoms with Crippen molar-refractivity contribution in [1.29, 1.82) is 0 Å². The van der Waals surface area contributed by atoms with Crippen LogP contribution in [-0.2, 0) is 9.59 Å². The van der Waals surface area contributed by atoms with Gasteiger partial charge in [-0.05, 0) is 70.0 Å². The van der Waals surface area contributed by atoms with E-state index in [1.165, 1.54) is 37.7 Å². The van der Waals surface area contributed by atoms with Gasteiger partial charge in [0.05, 0.1) is 28.9 Å². The molecule has 2 aromatic carbocycles. The van der Waals surface area contributed by atoms with E-state index in [2.05, 4.69) is 20.9 Å². The fourth-order valence-electron chi connectivity index (χ4n) is 3.60. The van der Waals surface area contributed by atoms with Crippen LogP contribution in [0.15, 0.2) is 71.0 Å². The highest BCUT2D eigenvalue weighted by Crippen LogP contribution is 2.45. The van der Waals surface area contributed by atoms with Crippen molar-refractivity contribution in [2.45, 2.75) is 6.04 Å². The molecule has 1 saturated heterocycles. The van der Waals surface area contributed by atoms with Crippen LogP contribution >= 0.6 is 27.5 Å². The van der Waals surface area contributed by atoms with Crippen molar-refractivity contribution >= 4 is 50.7 Å². The van der Waals surface area contributed by atoms with Crippen molar-refractivity contribution < 1.29 is 24.5 Å². The topological polar surface area (TPSA) is 100.0 Å². The lowest BCUT2D eigenvalue weighted by atomic mass is 9.95. The smallest absolute Gasteiger partial charge is 0.300 e. The molecule has 1 unspecified atom stereocenters. The van der Waals surface area contributed by atoms with Crippen molar-refractivity contribution in [3.63, 3.8) is 0 Å². The molecule has 7 nitrogen and oxygen atoms in total. The second kappa shape index (κ2) is 8.64. The Morgan fingerprint density at radius 2 is 1.84 bits per heavy atom. The third-order valence-corrected chi connectivity index (χ3v) is 5.94. The van der Waals surface area contributed by atoms with E-state index in [4.69, 9.17) is 16.3 Å². The van der Waals surface area contributed by atoms with Crippen LogP contribution in [0.2, 0.25) is 5.02 Å². The maximum Gasteiger partial charge on any atom is 0.300 e. The fourth-order valence-corrected chi connectivity index (χ4v) is 4.31. The summed E-state index contributed by atoms with van der Waals surface area (Å²) in [5.41, 5.74) is 0.756. The molecule has 1 aliphatic rings. The Balaban J connectivity index is 1.96. The number of pyridine rings is 1. The van der Waals surface area contributed by atoms with E-state index in [0.717, 1.165) is 4.90 Å². The van der Waals surface area contributed by atoms with E-state index >= 15 is 0 Å². The number of carbonyl (C=O) groups is 2. The minimum absolute atomic E-state index is 0.0522. The molecule has 0 aliphatic carbocycles. The third-order valence-electron chi connectivity index (χ3n) is 5.09. The van der Waals surface area contributed by atoms with Gasteiger partial charge in [0.15, 0.2) is 0 Å². The van der Waals surface area contributed by atoms with E-state index in [9.17, 15) is 19.8 Å². The average molecular weight is 516 g/mol. The van der Waals surface area contributed by atoms with Gasteiger partial charge in [-0.1, -0.05) is 11.6 Å². The Kier molecular flexibility index (Phi) is 5.90. The van der Waals surface area contributed by atoms with Crippen molar-refractivity contribution in [2.75, 3.05) is 12.0 Å². The van der Waals surface area contributed by atoms with Gasteiger partial charge in [0.2, 0.25) is 0 Å². The lowest BCUT2D eigenvalue weighted by Crippen LogP contribution is -2.29. The summed E-state index contributed by atoms with van der Waals surface area (Å²) < 4.78 is 5.77. The first-order valence-electron chi connectivity index (χ1n) is 9.37. The molecule has 1 atom stereocenters. The van der Waals surface area contributed by atoms with E-state index in [1.807, 2.05) is 0 Å². The van der Waals surface area contributed by atoms with E-state index in [0.29, 0.717) is 21.3 Å². The third kappa shape index (κ3) is 3.72. The Hall–Kier alpha value is -3.36. The molecule has 1 amide bonds. The SMILES string of the molecule is COc1ccc(/C(O)=C2\C(=O)C(=O)N(c3cc(Cl)ccc3O)C2c2ccncc2)cc1Br.